The monoisotopic (exact) mass is 618 g/mol. The average molecular weight is 619 g/mol. The van der Waals surface area contributed by atoms with Gasteiger partial charge in [0.05, 0.1) is 19.0 Å². The quantitative estimate of drug-likeness (QED) is 0.276. The number of hydrogen-bond acceptors (Lipinski definition) is 6. The van der Waals surface area contributed by atoms with E-state index in [4.69, 9.17) is 33.1 Å². The van der Waals surface area contributed by atoms with Gasteiger partial charge >= 0.3 is 18.1 Å². The van der Waals surface area contributed by atoms with E-state index in [2.05, 4.69) is 20.9 Å². The van der Waals surface area contributed by atoms with Crippen LogP contribution in [-0.2, 0) is 14.4 Å². The summed E-state index contributed by atoms with van der Waals surface area (Å²) in [6, 6.07) is 10.7. The largest absolute Gasteiger partial charge is 0.490 e. The number of amidine groups is 1. The van der Waals surface area contributed by atoms with E-state index < -0.39 is 36.0 Å². The van der Waals surface area contributed by atoms with Crippen LogP contribution in [-0.4, -0.2) is 59.1 Å². The predicted octanol–water partition coefficient (Wildman–Crippen LogP) is 5.07. The maximum absolute atomic E-state index is 12.6. The molecule has 1 aliphatic heterocycles. The molecule has 222 valence electrons. The molecule has 0 spiro atoms. The molecule has 41 heavy (non-hydrogen) atoms. The summed E-state index contributed by atoms with van der Waals surface area (Å²) in [6.07, 6.45) is -1.28. The number of nitrogens with zero attached hydrogens (tertiary/aromatic N) is 1. The summed E-state index contributed by atoms with van der Waals surface area (Å²) in [5.41, 5.74) is 1.59. The molecule has 0 radical (unpaired) electrons. The zero-order chi connectivity index (χ0) is 30.6. The van der Waals surface area contributed by atoms with Crippen LogP contribution in [0.2, 0.25) is 10.0 Å². The molecule has 0 fully saturated rings. The van der Waals surface area contributed by atoms with Gasteiger partial charge in [0.2, 0.25) is 5.91 Å². The van der Waals surface area contributed by atoms with E-state index in [0.717, 1.165) is 43.8 Å². The third-order valence-electron chi connectivity index (χ3n) is 5.44. The van der Waals surface area contributed by atoms with Crippen LogP contribution < -0.4 is 16.0 Å². The summed E-state index contributed by atoms with van der Waals surface area (Å²) >= 11 is 12.0. The zero-order valence-electron chi connectivity index (χ0n) is 21.4. The minimum absolute atomic E-state index is 0.323. The summed E-state index contributed by atoms with van der Waals surface area (Å²) in [6.45, 7) is 0.468. The van der Waals surface area contributed by atoms with Gasteiger partial charge in [0, 0.05) is 34.3 Å². The van der Waals surface area contributed by atoms with Crippen molar-refractivity contribution in [3.8, 4) is 0 Å². The van der Waals surface area contributed by atoms with Gasteiger partial charge in [-0.15, -0.1) is 0 Å². The number of halogens is 5. The lowest BCUT2D eigenvalue weighted by atomic mass is 10.0. The number of amides is 2. The maximum Gasteiger partial charge on any atom is 0.490 e. The third-order valence-corrected chi connectivity index (χ3v) is 5.88. The number of alkyl halides is 3. The summed E-state index contributed by atoms with van der Waals surface area (Å²) < 4.78 is 31.7. The zero-order valence-corrected chi connectivity index (χ0v) is 22.9. The van der Waals surface area contributed by atoms with Crippen LogP contribution in [0.3, 0.4) is 0 Å². The molecule has 2 amide bonds. The number of nitrogens with one attached hydrogen (secondary N) is 3. The minimum atomic E-state index is -5.08. The van der Waals surface area contributed by atoms with Gasteiger partial charge in [-0.2, -0.15) is 13.2 Å². The predicted molar refractivity (Wildman–Crippen MR) is 146 cm³/mol. The molecular weight excluding hydrogens is 592 g/mol. The normalized spacial score (nSPS) is 13.8. The van der Waals surface area contributed by atoms with Gasteiger partial charge < -0.3 is 26.2 Å². The highest BCUT2D eigenvalue weighted by atomic mass is 35.5. The van der Waals surface area contributed by atoms with E-state index in [-0.39, 0.29) is 13.0 Å². The summed E-state index contributed by atoms with van der Waals surface area (Å²) in [5.74, 6) is -3.93. The van der Waals surface area contributed by atoms with Crippen molar-refractivity contribution in [2.45, 2.75) is 44.3 Å². The number of carbonyl (C=O) groups excluding carboxylic acids is 2. The second-order valence-electron chi connectivity index (χ2n) is 8.75. The first-order valence-corrected chi connectivity index (χ1v) is 13.0. The first kappa shape index (κ1) is 33.4. The van der Waals surface area contributed by atoms with Crippen LogP contribution in [0.1, 0.15) is 54.1 Å². The van der Waals surface area contributed by atoms with E-state index in [1.54, 1.807) is 18.2 Å². The molecule has 1 aliphatic rings. The van der Waals surface area contributed by atoms with Crippen molar-refractivity contribution in [1.82, 2.24) is 10.6 Å². The van der Waals surface area contributed by atoms with Crippen LogP contribution >= 0.6 is 23.2 Å². The van der Waals surface area contributed by atoms with Gasteiger partial charge in [0.15, 0.2) is 0 Å². The van der Waals surface area contributed by atoms with Crippen LogP contribution in [0.5, 0.6) is 0 Å². The van der Waals surface area contributed by atoms with E-state index in [0.29, 0.717) is 21.2 Å². The molecule has 0 saturated carbocycles. The van der Waals surface area contributed by atoms with E-state index >= 15 is 0 Å². The van der Waals surface area contributed by atoms with Crippen LogP contribution in [0.15, 0.2) is 47.5 Å². The molecule has 2 aromatic rings. The maximum atomic E-state index is 12.6. The Bertz CT molecular complexity index is 1270. The van der Waals surface area contributed by atoms with Crippen molar-refractivity contribution < 1.29 is 42.6 Å². The van der Waals surface area contributed by atoms with E-state index in [9.17, 15) is 32.7 Å². The summed E-state index contributed by atoms with van der Waals surface area (Å²) in [7, 11) is 0. The highest BCUT2D eigenvalue weighted by molar-refractivity contribution is 6.34. The molecule has 3 rings (SSSR count). The Kier molecular flexibility index (Phi) is 12.9. The standard InChI is InChI=1S/C24H26Cl2N4O4.C2HF3O2/c25-17-9-16(10-18(26)12-17)20(13-23(32)33)30-22(31)14-28-24(34)15-5-4-6-19(11-15)29-21-7-2-1-3-8-27-21;3-2(4,5)1(6)7/h4-6,9-12,20H,1-3,7-8,13-14H2,(H,27,29)(H,28,34)(H,30,31)(H,32,33);(H,6,7). The number of aliphatic imine (C=N–C) groups is 1. The fraction of sp³-hybridized carbons (Fsp3) is 0.346. The summed E-state index contributed by atoms with van der Waals surface area (Å²) in [4.78, 5) is 49.8. The van der Waals surface area contributed by atoms with Crippen LogP contribution in [0, 0.1) is 0 Å². The van der Waals surface area contributed by atoms with Gasteiger partial charge in [0.25, 0.3) is 5.91 Å². The molecular formula is C26H27Cl2F3N4O6. The third kappa shape index (κ3) is 12.5. The minimum Gasteiger partial charge on any atom is -0.481 e. The topological polar surface area (TPSA) is 157 Å². The number of anilines is 1. The summed E-state index contributed by atoms with van der Waals surface area (Å²) in [5, 5.41) is 25.4. The Morgan fingerprint density at radius 1 is 0.976 bits per heavy atom. The number of hydrogen-bond donors (Lipinski definition) is 5. The van der Waals surface area contributed by atoms with Crippen LogP contribution in [0.25, 0.3) is 0 Å². The molecule has 1 unspecified atom stereocenters. The second-order valence-corrected chi connectivity index (χ2v) is 9.62. The first-order chi connectivity index (χ1) is 19.2. The van der Waals surface area contributed by atoms with Crippen molar-refractivity contribution in [3.63, 3.8) is 0 Å². The molecule has 0 aromatic heterocycles. The molecule has 0 saturated heterocycles. The SMILES string of the molecule is O=C(O)C(F)(F)F.O=C(O)CC(NC(=O)CNC(=O)c1cccc(NC2=NCCCCC2)c1)c1cc(Cl)cc(Cl)c1. The highest BCUT2D eigenvalue weighted by Crippen LogP contribution is 2.25. The number of aliphatic carboxylic acids is 2. The van der Waals surface area contributed by atoms with Gasteiger partial charge in [0.1, 0.15) is 5.84 Å². The molecule has 0 bridgehead atoms. The van der Waals surface area contributed by atoms with Gasteiger partial charge in [-0.05, 0) is 54.8 Å². The smallest absolute Gasteiger partial charge is 0.481 e. The number of rotatable bonds is 8. The molecule has 5 N–H and O–H groups in total. The Balaban J connectivity index is 0.000000745. The van der Waals surface area contributed by atoms with E-state index in [1.807, 2.05) is 6.07 Å². The average Bonchev–Trinajstić information content (AvgIpc) is 3.14. The fourth-order valence-corrected chi connectivity index (χ4v) is 4.14. The second kappa shape index (κ2) is 15.8. The number of carboxylic acids is 2. The molecule has 0 aliphatic carbocycles. The first-order valence-electron chi connectivity index (χ1n) is 12.2. The lowest BCUT2D eigenvalue weighted by molar-refractivity contribution is -0.192. The molecule has 2 aromatic carbocycles. The Labute approximate surface area is 242 Å². The van der Waals surface area contributed by atoms with Crippen LogP contribution in [0.4, 0.5) is 18.9 Å². The van der Waals surface area contributed by atoms with Crippen molar-refractivity contribution in [3.05, 3.63) is 63.6 Å². The van der Waals surface area contributed by atoms with Crippen molar-refractivity contribution in [1.29, 1.82) is 0 Å². The fourth-order valence-electron chi connectivity index (χ4n) is 3.59. The number of benzene rings is 2. The lowest BCUT2D eigenvalue weighted by Crippen LogP contribution is -2.39. The Morgan fingerprint density at radius 3 is 2.24 bits per heavy atom. The van der Waals surface area contributed by atoms with Crippen molar-refractivity contribution in [2.75, 3.05) is 18.4 Å². The number of carboxylic acid groups (broad SMARTS) is 2. The lowest BCUT2D eigenvalue weighted by Gasteiger charge is -2.18. The molecule has 15 heteroatoms. The highest BCUT2D eigenvalue weighted by Gasteiger charge is 2.38. The molecule has 1 atom stereocenters. The van der Waals surface area contributed by atoms with Crippen molar-refractivity contribution >= 4 is 58.5 Å². The molecule has 10 nitrogen and oxygen atoms in total. The molecule has 1 heterocycles. The van der Waals surface area contributed by atoms with E-state index in [1.165, 1.54) is 18.2 Å². The Morgan fingerprint density at radius 2 is 1.63 bits per heavy atom. The van der Waals surface area contributed by atoms with Gasteiger partial charge in [-0.3, -0.25) is 19.4 Å². The van der Waals surface area contributed by atoms with Crippen molar-refractivity contribution in [2.24, 2.45) is 4.99 Å². The Hall–Kier alpha value is -3.84. The van der Waals surface area contributed by atoms with Gasteiger partial charge in [-0.25, -0.2) is 4.79 Å². The number of carbonyl (C=O) groups is 4. The van der Waals surface area contributed by atoms with Gasteiger partial charge in [-0.1, -0.05) is 35.7 Å².